The Hall–Kier alpha value is -6.63. The Morgan fingerprint density at radius 2 is 0.706 bits per heavy atom. The lowest BCUT2D eigenvalue weighted by Gasteiger charge is -2.34. The van der Waals surface area contributed by atoms with Crippen LogP contribution >= 0.6 is 15.9 Å². The number of ether oxygens (including phenoxy) is 4. The predicted octanol–water partition coefficient (Wildman–Crippen LogP) is 11.1. The largest absolute Gasteiger partial charge is 0.497 e. The summed E-state index contributed by atoms with van der Waals surface area (Å²) in [5.74, 6) is 5.18. The van der Waals surface area contributed by atoms with Crippen LogP contribution in [0.4, 0.5) is 11.6 Å². The molecule has 85 heavy (non-hydrogen) atoms. The van der Waals surface area contributed by atoms with Gasteiger partial charge in [-0.2, -0.15) is 0 Å². The van der Waals surface area contributed by atoms with Crippen molar-refractivity contribution >= 4 is 27.6 Å². The number of rotatable bonds is 22. The lowest BCUT2D eigenvalue weighted by molar-refractivity contribution is 0.131. The number of anilines is 2. The molecule has 15 nitrogen and oxygen atoms in total. The Morgan fingerprint density at radius 3 is 1.05 bits per heavy atom. The van der Waals surface area contributed by atoms with E-state index in [4.69, 9.17) is 29.7 Å². The molecule has 3 aliphatic rings. The molecule has 0 aliphatic carbocycles. The van der Waals surface area contributed by atoms with Crippen LogP contribution in [0.3, 0.4) is 0 Å². The fourth-order valence-electron chi connectivity index (χ4n) is 10.5. The molecular weight excluding hydrogens is 1130 g/mol. The van der Waals surface area contributed by atoms with Gasteiger partial charge in [-0.25, -0.2) is 15.0 Å². The highest BCUT2D eigenvalue weighted by molar-refractivity contribution is 9.10. The normalized spacial score (nSPS) is 15.2. The van der Waals surface area contributed by atoms with Crippen LogP contribution in [0.2, 0.25) is 0 Å². The highest BCUT2D eigenvalue weighted by Crippen LogP contribution is 2.23. The summed E-state index contributed by atoms with van der Waals surface area (Å²) in [6.45, 7) is 28.2. The molecule has 3 aromatic heterocycles. The number of nitrogen functional groups attached to an aromatic ring is 1. The van der Waals surface area contributed by atoms with Gasteiger partial charge >= 0.3 is 0 Å². The first-order valence-corrected chi connectivity index (χ1v) is 31.2. The summed E-state index contributed by atoms with van der Waals surface area (Å²) < 4.78 is 21.9. The molecule has 456 valence electrons. The van der Waals surface area contributed by atoms with E-state index in [2.05, 4.69) is 160 Å². The van der Waals surface area contributed by atoms with Gasteiger partial charge in [0.05, 0.1) is 45.5 Å². The van der Waals surface area contributed by atoms with Crippen molar-refractivity contribution in [2.45, 2.75) is 72.8 Å². The van der Waals surface area contributed by atoms with E-state index in [0.29, 0.717) is 5.82 Å². The zero-order chi connectivity index (χ0) is 60.0. The SMILES string of the molecule is CCN1CCN(Cc2cccc(Br)n2)CC1.CCN1CCN(Cc2cccc(N(Cc3ccc(OC)cc3)Cc3ccc(OC)cc3)n2)CC1.CCN1CCN(Cc2cccc(N)n2)CC1.COc1ccc(CCCc2ccc(OC)cc2)cc1. The van der Waals surface area contributed by atoms with Gasteiger partial charge in [0.2, 0.25) is 0 Å². The zero-order valence-electron chi connectivity index (χ0n) is 51.8. The summed E-state index contributed by atoms with van der Waals surface area (Å²) in [4.78, 5) is 31.1. The molecule has 16 heteroatoms. The zero-order valence-corrected chi connectivity index (χ0v) is 53.3. The summed E-state index contributed by atoms with van der Waals surface area (Å²) >= 11 is 3.41. The van der Waals surface area contributed by atoms with Crippen LogP contribution < -0.4 is 29.6 Å². The third-order valence-corrected chi connectivity index (χ3v) is 16.4. The monoisotopic (exact) mass is 1220 g/mol. The van der Waals surface area contributed by atoms with Gasteiger partial charge in [-0.15, -0.1) is 0 Å². The van der Waals surface area contributed by atoms with Crippen LogP contribution in [-0.2, 0) is 45.6 Å². The number of nitrogens with zero attached hydrogens (tertiary/aromatic N) is 10. The number of methoxy groups -OCH3 is 4. The maximum Gasteiger partial charge on any atom is 0.129 e. The van der Waals surface area contributed by atoms with Gasteiger partial charge in [-0.3, -0.25) is 14.7 Å². The van der Waals surface area contributed by atoms with E-state index in [9.17, 15) is 0 Å². The smallest absolute Gasteiger partial charge is 0.129 e. The van der Waals surface area contributed by atoms with E-state index in [1.165, 1.54) is 55.0 Å². The van der Waals surface area contributed by atoms with E-state index < -0.39 is 0 Å². The molecular formula is C69H94BrN11O4. The predicted molar refractivity (Wildman–Crippen MR) is 351 cm³/mol. The summed E-state index contributed by atoms with van der Waals surface area (Å²) in [6.07, 6.45) is 3.34. The number of piperazine rings is 3. The van der Waals surface area contributed by atoms with E-state index in [1.807, 2.05) is 72.8 Å². The van der Waals surface area contributed by atoms with E-state index in [-0.39, 0.29) is 0 Å². The highest BCUT2D eigenvalue weighted by Gasteiger charge is 2.19. The molecule has 0 saturated carbocycles. The number of hydrogen-bond acceptors (Lipinski definition) is 15. The minimum absolute atomic E-state index is 0.615. The topological polar surface area (TPSA) is 124 Å². The van der Waals surface area contributed by atoms with E-state index in [1.54, 1.807) is 28.4 Å². The van der Waals surface area contributed by atoms with Crippen LogP contribution in [-0.4, -0.2) is 171 Å². The van der Waals surface area contributed by atoms with Crippen molar-refractivity contribution in [3.05, 3.63) is 196 Å². The molecule has 0 spiro atoms. The average Bonchev–Trinajstić information content (AvgIpc) is 3.74. The molecule has 7 aromatic rings. The molecule has 0 amide bonds. The lowest BCUT2D eigenvalue weighted by atomic mass is 10.0. The molecule has 3 saturated heterocycles. The number of aryl methyl sites for hydroxylation is 2. The number of halogens is 1. The van der Waals surface area contributed by atoms with Crippen LogP contribution in [0, 0.1) is 0 Å². The summed E-state index contributed by atoms with van der Waals surface area (Å²) in [6, 6.07) is 51.5. The molecule has 3 fully saturated rings. The maximum atomic E-state index is 5.67. The number of hydrogen-bond donors (Lipinski definition) is 1. The van der Waals surface area contributed by atoms with Gasteiger partial charge in [0, 0.05) is 111 Å². The van der Waals surface area contributed by atoms with Gasteiger partial charge < -0.3 is 44.3 Å². The molecule has 3 aliphatic heterocycles. The average molecular weight is 1220 g/mol. The molecule has 0 radical (unpaired) electrons. The molecule has 0 bridgehead atoms. The van der Waals surface area contributed by atoms with Crippen LogP contribution in [0.15, 0.2) is 156 Å². The van der Waals surface area contributed by atoms with Crippen LogP contribution in [0.25, 0.3) is 0 Å². The van der Waals surface area contributed by atoms with Gasteiger partial charge in [-0.05, 0) is 162 Å². The first-order valence-electron chi connectivity index (χ1n) is 30.4. The molecule has 6 heterocycles. The third-order valence-electron chi connectivity index (χ3n) is 15.9. The number of benzene rings is 4. The van der Waals surface area contributed by atoms with Crippen molar-refractivity contribution in [2.24, 2.45) is 0 Å². The van der Waals surface area contributed by atoms with Crippen molar-refractivity contribution in [3.63, 3.8) is 0 Å². The Bertz CT molecular complexity index is 2770. The first-order chi connectivity index (χ1) is 41.5. The molecule has 2 N–H and O–H groups in total. The summed E-state index contributed by atoms with van der Waals surface area (Å²) in [5, 5.41) is 0. The molecule has 0 unspecified atom stereocenters. The lowest BCUT2D eigenvalue weighted by Crippen LogP contribution is -2.45. The second kappa shape index (κ2) is 36.4. The highest BCUT2D eigenvalue weighted by atomic mass is 79.9. The van der Waals surface area contributed by atoms with Gasteiger partial charge in [-0.1, -0.05) is 87.5 Å². The second-order valence-corrected chi connectivity index (χ2v) is 22.5. The molecule has 4 aromatic carbocycles. The summed E-state index contributed by atoms with van der Waals surface area (Å²) in [5.41, 5.74) is 14.2. The Morgan fingerprint density at radius 1 is 0.388 bits per heavy atom. The minimum atomic E-state index is 0.615. The van der Waals surface area contributed by atoms with Crippen molar-refractivity contribution < 1.29 is 18.9 Å². The summed E-state index contributed by atoms with van der Waals surface area (Å²) in [7, 11) is 6.78. The fourth-order valence-corrected chi connectivity index (χ4v) is 10.9. The number of nitrogens with two attached hydrogens (primary N) is 1. The Balaban J connectivity index is 0.000000173. The fraction of sp³-hybridized carbons (Fsp3) is 0.435. The maximum absolute atomic E-state index is 5.67. The van der Waals surface area contributed by atoms with E-state index >= 15 is 0 Å². The second-order valence-electron chi connectivity index (χ2n) is 21.7. The molecule has 10 rings (SSSR count). The van der Waals surface area contributed by atoms with Crippen molar-refractivity contribution in [1.29, 1.82) is 0 Å². The van der Waals surface area contributed by atoms with Crippen LogP contribution in [0.1, 0.15) is 66.5 Å². The standard InChI is InChI=1S/C28H36N4O2.C17H20O2.C12H18BrN3.C12H20N4/c1-4-30-16-18-31(19-17-30)22-25-6-5-7-28(29-25)32(20-23-8-12-26(33-2)13-9-23)21-24-10-14-27(34-3)15-11-24;1-18-16-10-6-14(7-11-16)4-3-5-15-8-12-17(19-2)13-9-15;2*1-2-15-6-8-16(9-7-15)10-11-4-3-5-12(13)14-11/h5-15H,4,16-22H2,1-3H3;6-13H,3-5H2,1-2H3;3-5H,2,6-10H2,1H3;3-5H,2,6-10H2,1H3,(H2,13,14). The molecule has 0 atom stereocenters. The first kappa shape index (κ1) is 65.9. The number of pyridine rings is 3. The number of aromatic nitrogens is 3. The van der Waals surface area contributed by atoms with E-state index in [0.717, 1.165) is 168 Å². The van der Waals surface area contributed by atoms with Crippen molar-refractivity contribution in [2.75, 3.05) is 137 Å². The quantitative estimate of drug-likeness (QED) is 0.0647. The van der Waals surface area contributed by atoms with Gasteiger partial charge in [0.15, 0.2) is 0 Å². The Kier molecular flexibility index (Phi) is 28.2. The van der Waals surface area contributed by atoms with Crippen LogP contribution in [0.5, 0.6) is 23.0 Å². The third kappa shape index (κ3) is 23.3. The number of likely N-dealkylation sites (N-methyl/N-ethyl adjacent to an activating group) is 3. The van der Waals surface area contributed by atoms with Gasteiger partial charge in [0.25, 0.3) is 0 Å². The Labute approximate surface area is 516 Å². The van der Waals surface area contributed by atoms with Gasteiger partial charge in [0.1, 0.15) is 39.2 Å². The minimum Gasteiger partial charge on any atom is -0.497 e. The van der Waals surface area contributed by atoms with Crippen molar-refractivity contribution in [3.8, 4) is 23.0 Å². The van der Waals surface area contributed by atoms with Crippen molar-refractivity contribution in [1.82, 2.24) is 44.4 Å².